The van der Waals surface area contributed by atoms with Crippen LogP contribution in [0.5, 0.6) is 0 Å². The van der Waals surface area contributed by atoms with E-state index in [2.05, 4.69) is 4.74 Å². The van der Waals surface area contributed by atoms with Crippen molar-refractivity contribution < 1.29 is 31.7 Å². The third-order valence-corrected chi connectivity index (χ3v) is 5.05. The minimum Gasteiger partial charge on any atom is -0.468 e. The Labute approximate surface area is 147 Å². The molecule has 1 heterocycles. The van der Waals surface area contributed by atoms with Crippen LogP contribution in [0.25, 0.3) is 0 Å². The second-order valence-electron chi connectivity index (χ2n) is 5.47. The molecule has 1 aliphatic rings. The first-order chi connectivity index (χ1) is 11.8. The number of methoxy groups -OCH3 is 1. The number of aryl methyl sites for hydroxylation is 1. The maximum atomic E-state index is 12.0. The van der Waals surface area contributed by atoms with E-state index in [1.807, 2.05) is 6.92 Å². The molecule has 1 aromatic rings. The first-order valence-corrected chi connectivity index (χ1v) is 8.90. The maximum absolute atomic E-state index is 12.0. The maximum Gasteiger partial charge on any atom is 0.327 e. The zero-order valence-electron chi connectivity index (χ0n) is 13.9. The highest BCUT2D eigenvalue weighted by molar-refractivity contribution is 7.86. The number of carbonyl (C=O) groups is 2. The summed E-state index contributed by atoms with van der Waals surface area (Å²) in [5.74, 6) is -1.21. The summed E-state index contributed by atoms with van der Waals surface area (Å²) in [5.41, 5.74) is 0.925. The molecule has 0 bridgehead atoms. The Morgan fingerprint density at radius 2 is 1.92 bits per heavy atom. The van der Waals surface area contributed by atoms with Crippen LogP contribution in [0.2, 0.25) is 0 Å². The van der Waals surface area contributed by atoms with Gasteiger partial charge in [0.15, 0.2) is 0 Å². The molecule has 0 aliphatic carbocycles. The number of carbonyl (C=O) groups excluding carboxylic acids is 2. The number of benzene rings is 1. The fourth-order valence-electron chi connectivity index (χ4n) is 2.33. The summed E-state index contributed by atoms with van der Waals surface area (Å²) in [5, 5.41) is 0. The van der Waals surface area contributed by atoms with E-state index in [0.717, 1.165) is 10.4 Å². The van der Waals surface area contributed by atoms with Gasteiger partial charge in [-0.05, 0) is 19.1 Å². The van der Waals surface area contributed by atoms with Gasteiger partial charge in [-0.1, -0.05) is 17.7 Å². The summed E-state index contributed by atoms with van der Waals surface area (Å²) < 4.78 is 38.7. The van der Waals surface area contributed by atoms with Crippen LogP contribution in [0, 0.1) is 6.92 Å². The van der Waals surface area contributed by atoms with Crippen molar-refractivity contribution >= 4 is 30.0 Å². The van der Waals surface area contributed by atoms with Crippen LogP contribution in [0.1, 0.15) is 12.0 Å². The lowest BCUT2D eigenvalue weighted by molar-refractivity contribution is -0.146. The minimum absolute atomic E-state index is 0.0344. The predicted octanol–water partition coefficient (Wildman–Crippen LogP) is -0.0571. The third-order valence-electron chi connectivity index (χ3n) is 3.73. The molecule has 0 aromatic heterocycles. The van der Waals surface area contributed by atoms with Crippen LogP contribution in [0.4, 0.5) is 0 Å². The Hall–Kier alpha value is -1.91. The number of hydrogen-bond acceptors (Lipinski definition) is 7. The molecule has 1 amide bonds. The lowest BCUT2D eigenvalue weighted by Crippen LogP contribution is -2.37. The molecule has 1 aliphatic heterocycles. The van der Waals surface area contributed by atoms with Crippen LogP contribution in [0.15, 0.2) is 29.2 Å². The van der Waals surface area contributed by atoms with Crippen molar-refractivity contribution in [3.63, 3.8) is 0 Å². The zero-order chi connectivity index (χ0) is 18.6. The Morgan fingerprint density at radius 3 is 2.52 bits per heavy atom. The van der Waals surface area contributed by atoms with Gasteiger partial charge in [0, 0.05) is 6.42 Å². The number of rotatable bonds is 7. The van der Waals surface area contributed by atoms with E-state index in [4.69, 9.17) is 16.9 Å². The van der Waals surface area contributed by atoms with Crippen molar-refractivity contribution in [3.8, 4) is 0 Å². The van der Waals surface area contributed by atoms with Crippen molar-refractivity contribution in [2.24, 2.45) is 0 Å². The van der Waals surface area contributed by atoms with E-state index in [1.54, 1.807) is 12.1 Å². The van der Waals surface area contributed by atoms with Crippen LogP contribution in [-0.2, 0) is 33.4 Å². The average molecular weight is 367 g/mol. The molecule has 1 unspecified atom stereocenters. The van der Waals surface area contributed by atoms with Gasteiger partial charge in [-0.25, -0.2) is 4.79 Å². The molecule has 10 heteroatoms. The second-order valence-corrected chi connectivity index (χ2v) is 7.08. The quantitative estimate of drug-likeness (QED) is 0.288. The molecule has 0 N–H and O–H groups in total. The van der Waals surface area contributed by atoms with Gasteiger partial charge in [-0.2, -0.15) is 8.42 Å². The van der Waals surface area contributed by atoms with Gasteiger partial charge in [0.2, 0.25) is 13.9 Å². The fraction of sp³-hybridized carbons (Fsp3) is 0.467. The third kappa shape index (κ3) is 4.59. The number of nitrogens with zero attached hydrogens (tertiary/aromatic N) is 1. The normalized spacial score (nSPS) is 20.7. The summed E-state index contributed by atoms with van der Waals surface area (Å²) in [6.45, 7) is 1.42. The Morgan fingerprint density at radius 1 is 1.28 bits per heavy atom. The van der Waals surface area contributed by atoms with Crippen molar-refractivity contribution in [3.05, 3.63) is 29.8 Å². The number of ether oxygens (including phenoxy) is 2. The van der Waals surface area contributed by atoms with E-state index in [0.29, 0.717) is 0 Å². The van der Waals surface area contributed by atoms with Crippen LogP contribution >= 0.6 is 0 Å². The first kappa shape index (κ1) is 19.4. The molecule has 0 spiro atoms. The Bertz CT molecular complexity index is 735. The van der Waals surface area contributed by atoms with E-state index < -0.39 is 34.1 Å². The van der Waals surface area contributed by atoms with Crippen molar-refractivity contribution in [2.45, 2.75) is 30.4 Å². The number of amides is 1. The van der Waals surface area contributed by atoms with Gasteiger partial charge in [0.05, 0.1) is 25.2 Å². The molecule has 0 saturated carbocycles. The highest BCUT2D eigenvalue weighted by Gasteiger charge is 2.41. The zero-order valence-corrected chi connectivity index (χ0v) is 14.7. The standard InChI is InChI=1S/C15H18BNO7S/c1-10-3-5-11(6-4-10)25(20,21)24-8-7-23-13-9-12(15(19)22-2)17(16)14(13)18/h3-6,12-13H,7-9H2,1-2H3/t12?,13-/m0/s1. The van der Waals surface area contributed by atoms with E-state index in [9.17, 15) is 18.0 Å². The number of esters is 1. The van der Waals surface area contributed by atoms with Gasteiger partial charge in [-0.15, -0.1) is 0 Å². The van der Waals surface area contributed by atoms with E-state index in [-0.39, 0.29) is 24.5 Å². The monoisotopic (exact) mass is 367 g/mol. The molecule has 2 radical (unpaired) electrons. The second kappa shape index (κ2) is 7.98. The highest BCUT2D eigenvalue weighted by atomic mass is 32.2. The Kier molecular flexibility index (Phi) is 6.20. The fourth-order valence-corrected chi connectivity index (χ4v) is 3.22. The van der Waals surface area contributed by atoms with Crippen molar-refractivity contribution in [1.82, 2.24) is 4.81 Å². The largest absolute Gasteiger partial charge is 0.468 e. The molecular weight excluding hydrogens is 349 g/mol. The van der Waals surface area contributed by atoms with Crippen molar-refractivity contribution in [2.75, 3.05) is 20.3 Å². The minimum atomic E-state index is -3.90. The molecule has 1 fully saturated rings. The van der Waals surface area contributed by atoms with Gasteiger partial charge in [-0.3, -0.25) is 8.98 Å². The van der Waals surface area contributed by atoms with Crippen LogP contribution in [0.3, 0.4) is 0 Å². The Balaban J connectivity index is 1.84. The van der Waals surface area contributed by atoms with Gasteiger partial charge in [0.25, 0.3) is 10.1 Å². The SMILES string of the molecule is [B]N1C(=O)[C@@H](OCCOS(=O)(=O)c2ccc(C)cc2)CC1C(=O)OC. The summed E-state index contributed by atoms with van der Waals surface area (Å²) >= 11 is 0. The summed E-state index contributed by atoms with van der Waals surface area (Å²) in [6.07, 6.45) is -0.910. The van der Waals surface area contributed by atoms with Gasteiger partial charge < -0.3 is 14.3 Å². The van der Waals surface area contributed by atoms with Gasteiger partial charge >= 0.3 is 5.97 Å². The van der Waals surface area contributed by atoms with Gasteiger partial charge in [0.1, 0.15) is 12.1 Å². The molecule has 2 rings (SSSR count). The lowest BCUT2D eigenvalue weighted by atomic mass is 10.2. The van der Waals surface area contributed by atoms with E-state index >= 15 is 0 Å². The summed E-state index contributed by atoms with van der Waals surface area (Å²) in [7, 11) is 2.82. The molecule has 1 aromatic carbocycles. The lowest BCUT2D eigenvalue weighted by Gasteiger charge is -2.16. The van der Waals surface area contributed by atoms with Crippen LogP contribution < -0.4 is 0 Å². The smallest absolute Gasteiger partial charge is 0.327 e. The predicted molar refractivity (Wildman–Crippen MR) is 87.1 cm³/mol. The highest BCUT2D eigenvalue weighted by Crippen LogP contribution is 2.21. The molecule has 134 valence electrons. The van der Waals surface area contributed by atoms with E-state index in [1.165, 1.54) is 19.2 Å². The topological polar surface area (TPSA) is 99.2 Å². The molecule has 25 heavy (non-hydrogen) atoms. The van der Waals surface area contributed by atoms with Crippen LogP contribution in [-0.4, -0.2) is 65.6 Å². The molecule has 1 saturated heterocycles. The summed E-state index contributed by atoms with van der Waals surface area (Å²) in [4.78, 5) is 24.2. The number of hydrogen-bond donors (Lipinski definition) is 0. The van der Waals surface area contributed by atoms with Crippen molar-refractivity contribution in [1.29, 1.82) is 0 Å². The summed E-state index contributed by atoms with van der Waals surface area (Å²) in [6, 6.07) is 5.29. The molecular formula is C15H18BNO7S. The molecule has 2 atom stereocenters. The molecule has 8 nitrogen and oxygen atoms in total. The first-order valence-electron chi connectivity index (χ1n) is 7.49. The average Bonchev–Trinajstić information content (AvgIpc) is 2.87.